The summed E-state index contributed by atoms with van der Waals surface area (Å²) in [7, 11) is 1.52. The highest BCUT2D eigenvalue weighted by Gasteiger charge is 2.19. The molecule has 0 spiro atoms. The van der Waals surface area contributed by atoms with E-state index in [0.29, 0.717) is 36.4 Å². The van der Waals surface area contributed by atoms with Gasteiger partial charge in [-0.25, -0.2) is 0 Å². The number of methoxy groups -OCH3 is 1. The van der Waals surface area contributed by atoms with Crippen LogP contribution in [0.5, 0.6) is 5.75 Å². The normalized spacial score (nSPS) is 12.3. The van der Waals surface area contributed by atoms with Crippen LogP contribution < -0.4 is 4.74 Å². The molecule has 6 heteroatoms. The van der Waals surface area contributed by atoms with Crippen molar-refractivity contribution in [3.8, 4) is 5.75 Å². The quantitative estimate of drug-likeness (QED) is 0.742. The molecule has 1 unspecified atom stereocenters. The maximum Gasteiger partial charge on any atom is 0.139 e. The van der Waals surface area contributed by atoms with Crippen LogP contribution in [0.15, 0.2) is 34.8 Å². The highest BCUT2D eigenvalue weighted by atomic mass is 79.9. The van der Waals surface area contributed by atoms with E-state index in [1.165, 1.54) is 7.11 Å². The Hall–Kier alpha value is -0.450. The number of hydrogen-bond acceptors (Lipinski definition) is 2. The summed E-state index contributed by atoms with van der Waals surface area (Å²) >= 11 is 21.3. The molecule has 0 heterocycles. The number of aliphatic hydroxyl groups is 1. The third-order valence-corrected chi connectivity index (χ3v) is 3.98. The molecule has 0 saturated heterocycles. The van der Waals surface area contributed by atoms with Crippen LogP contribution in [0.2, 0.25) is 15.1 Å². The summed E-state index contributed by atoms with van der Waals surface area (Å²) in [5, 5.41) is 11.9. The van der Waals surface area contributed by atoms with Crippen molar-refractivity contribution in [1.82, 2.24) is 0 Å². The van der Waals surface area contributed by atoms with Gasteiger partial charge in [-0.2, -0.15) is 0 Å². The van der Waals surface area contributed by atoms with Crippen molar-refractivity contribution in [3.05, 3.63) is 61.0 Å². The van der Waals surface area contributed by atoms with Crippen molar-refractivity contribution >= 4 is 50.7 Å². The van der Waals surface area contributed by atoms with Crippen LogP contribution >= 0.6 is 50.7 Å². The van der Waals surface area contributed by atoms with Crippen molar-refractivity contribution in [2.24, 2.45) is 0 Å². The first-order valence-corrected chi connectivity index (χ1v) is 7.52. The monoisotopic (exact) mass is 394 g/mol. The fourth-order valence-electron chi connectivity index (χ4n) is 1.91. The van der Waals surface area contributed by atoms with Gasteiger partial charge in [-0.05, 0) is 51.8 Å². The zero-order valence-electron chi connectivity index (χ0n) is 10.3. The van der Waals surface area contributed by atoms with Crippen molar-refractivity contribution in [1.29, 1.82) is 0 Å². The Morgan fingerprint density at radius 3 is 2.10 bits per heavy atom. The van der Waals surface area contributed by atoms with Gasteiger partial charge in [-0.15, -0.1) is 0 Å². The van der Waals surface area contributed by atoms with Gasteiger partial charge in [0.2, 0.25) is 0 Å². The van der Waals surface area contributed by atoms with Crippen molar-refractivity contribution in [2.45, 2.75) is 6.10 Å². The first-order valence-electron chi connectivity index (χ1n) is 5.59. The molecular formula is C14H10BrCl3O2. The van der Waals surface area contributed by atoms with E-state index in [4.69, 9.17) is 39.5 Å². The zero-order valence-corrected chi connectivity index (χ0v) is 14.2. The predicted octanol–water partition coefficient (Wildman–Crippen LogP) is 5.50. The van der Waals surface area contributed by atoms with E-state index in [-0.39, 0.29) is 0 Å². The number of benzene rings is 2. The number of ether oxygens (including phenoxy) is 1. The lowest BCUT2D eigenvalue weighted by atomic mass is 10.0. The first kappa shape index (κ1) is 15.9. The van der Waals surface area contributed by atoms with Gasteiger partial charge in [0.25, 0.3) is 0 Å². The van der Waals surface area contributed by atoms with Gasteiger partial charge < -0.3 is 9.84 Å². The molecule has 1 atom stereocenters. The summed E-state index contributed by atoms with van der Waals surface area (Å²) in [6.07, 6.45) is -0.948. The van der Waals surface area contributed by atoms with Gasteiger partial charge in [-0.3, -0.25) is 0 Å². The summed E-state index contributed by atoms with van der Waals surface area (Å²) in [4.78, 5) is 0. The Kier molecular flexibility index (Phi) is 5.21. The second-order valence-electron chi connectivity index (χ2n) is 4.12. The summed E-state index contributed by atoms with van der Waals surface area (Å²) in [5.41, 5.74) is 1.10. The number of halogens is 4. The van der Waals surface area contributed by atoms with Crippen LogP contribution in [0.25, 0.3) is 0 Å². The van der Waals surface area contributed by atoms with E-state index in [1.54, 1.807) is 30.3 Å². The van der Waals surface area contributed by atoms with E-state index in [2.05, 4.69) is 15.9 Å². The molecule has 2 aromatic rings. The number of hydrogen-bond donors (Lipinski definition) is 1. The Morgan fingerprint density at radius 1 is 1.00 bits per heavy atom. The van der Waals surface area contributed by atoms with Crippen LogP contribution in [0.4, 0.5) is 0 Å². The smallest absolute Gasteiger partial charge is 0.139 e. The predicted molar refractivity (Wildman–Crippen MR) is 86.2 cm³/mol. The Balaban J connectivity index is 2.55. The lowest BCUT2D eigenvalue weighted by Crippen LogP contribution is -2.03. The minimum absolute atomic E-state index is 0.451. The SMILES string of the molecule is COc1c(Br)cc(Cl)cc1C(O)c1cc(Cl)cc(Cl)c1. The maximum atomic E-state index is 10.5. The maximum absolute atomic E-state index is 10.5. The van der Waals surface area contributed by atoms with Gasteiger partial charge in [0.05, 0.1) is 11.6 Å². The third kappa shape index (κ3) is 3.41. The molecule has 0 aromatic heterocycles. The van der Waals surface area contributed by atoms with Crippen LogP contribution in [-0.2, 0) is 0 Å². The molecule has 2 aromatic carbocycles. The van der Waals surface area contributed by atoms with Crippen LogP contribution in [-0.4, -0.2) is 12.2 Å². The van der Waals surface area contributed by atoms with E-state index in [1.807, 2.05) is 0 Å². The lowest BCUT2D eigenvalue weighted by Gasteiger charge is -2.17. The second-order valence-corrected chi connectivity index (χ2v) is 6.28. The summed E-state index contributed by atoms with van der Waals surface area (Å²) in [6.45, 7) is 0. The molecular weight excluding hydrogens is 386 g/mol. The van der Waals surface area contributed by atoms with Crippen LogP contribution in [0.1, 0.15) is 17.2 Å². The molecule has 1 N–H and O–H groups in total. The molecule has 0 saturated carbocycles. The molecule has 0 aliphatic heterocycles. The summed E-state index contributed by atoms with van der Waals surface area (Å²) in [6, 6.07) is 8.23. The van der Waals surface area contributed by atoms with E-state index in [9.17, 15) is 5.11 Å². The second kappa shape index (κ2) is 6.54. The summed E-state index contributed by atoms with van der Waals surface area (Å²) < 4.78 is 5.96. The molecule has 0 aliphatic carbocycles. The highest BCUT2D eigenvalue weighted by molar-refractivity contribution is 9.10. The molecule has 2 nitrogen and oxygen atoms in total. The molecule has 0 amide bonds. The molecule has 0 bridgehead atoms. The largest absolute Gasteiger partial charge is 0.495 e. The Bertz CT molecular complexity index is 626. The molecule has 0 aliphatic rings. The van der Waals surface area contributed by atoms with Gasteiger partial charge >= 0.3 is 0 Å². The average molecular weight is 396 g/mol. The fourth-order valence-corrected chi connectivity index (χ4v) is 3.45. The molecule has 0 fully saturated rings. The number of aliphatic hydroxyl groups excluding tert-OH is 1. The Morgan fingerprint density at radius 2 is 1.55 bits per heavy atom. The molecule has 20 heavy (non-hydrogen) atoms. The van der Waals surface area contributed by atoms with E-state index in [0.717, 1.165) is 0 Å². The van der Waals surface area contributed by atoms with Crippen LogP contribution in [0, 0.1) is 0 Å². The van der Waals surface area contributed by atoms with Gasteiger partial charge in [0, 0.05) is 20.6 Å². The van der Waals surface area contributed by atoms with Gasteiger partial charge in [0.15, 0.2) is 0 Å². The van der Waals surface area contributed by atoms with Crippen molar-refractivity contribution in [2.75, 3.05) is 7.11 Å². The first-order chi connectivity index (χ1) is 9.42. The lowest BCUT2D eigenvalue weighted by molar-refractivity contribution is 0.214. The minimum atomic E-state index is -0.948. The fraction of sp³-hybridized carbons (Fsp3) is 0.143. The van der Waals surface area contributed by atoms with Crippen molar-refractivity contribution in [3.63, 3.8) is 0 Å². The van der Waals surface area contributed by atoms with Crippen LogP contribution in [0.3, 0.4) is 0 Å². The van der Waals surface area contributed by atoms with Crippen molar-refractivity contribution < 1.29 is 9.84 Å². The molecule has 2 rings (SSSR count). The van der Waals surface area contributed by atoms with Gasteiger partial charge in [-0.1, -0.05) is 34.8 Å². The summed E-state index contributed by atoms with van der Waals surface area (Å²) in [5.74, 6) is 0.512. The molecule has 0 radical (unpaired) electrons. The minimum Gasteiger partial charge on any atom is -0.495 e. The topological polar surface area (TPSA) is 29.5 Å². The third-order valence-electron chi connectivity index (χ3n) is 2.74. The standard InChI is InChI=1S/C14H10BrCl3O2/c1-20-14-11(5-10(18)6-12(14)15)13(19)7-2-8(16)4-9(17)3-7/h2-6,13,19H,1H3. The Labute approximate surface area is 140 Å². The van der Waals surface area contributed by atoms with E-state index >= 15 is 0 Å². The number of rotatable bonds is 3. The van der Waals surface area contributed by atoms with Gasteiger partial charge in [0.1, 0.15) is 11.9 Å². The van der Waals surface area contributed by atoms with E-state index < -0.39 is 6.10 Å². The molecule has 106 valence electrons. The average Bonchev–Trinajstić information content (AvgIpc) is 2.35. The highest BCUT2D eigenvalue weighted by Crippen LogP contribution is 2.39. The zero-order chi connectivity index (χ0) is 14.9.